The Morgan fingerprint density at radius 2 is 1.85 bits per heavy atom. The molecule has 0 aromatic heterocycles. The van der Waals surface area contributed by atoms with Crippen molar-refractivity contribution in [3.05, 3.63) is 35.9 Å². The average Bonchev–Trinajstić information content (AvgIpc) is 2.60. The minimum absolute atomic E-state index is 0.00657. The number of carbonyl (C=O) groups is 1. The van der Waals surface area contributed by atoms with Gasteiger partial charge in [-0.25, -0.2) is 13.1 Å². The van der Waals surface area contributed by atoms with Gasteiger partial charge in [0.1, 0.15) is 12.5 Å². The van der Waals surface area contributed by atoms with Crippen molar-refractivity contribution >= 4 is 33.8 Å². The van der Waals surface area contributed by atoms with Crippen molar-refractivity contribution < 1.29 is 22.5 Å². The van der Waals surface area contributed by atoms with Gasteiger partial charge in [0.2, 0.25) is 0 Å². The second-order valence-electron chi connectivity index (χ2n) is 6.33. The number of benzene rings is 1. The third kappa shape index (κ3) is 7.23. The van der Waals surface area contributed by atoms with Crippen molar-refractivity contribution in [2.24, 2.45) is 0 Å². The zero-order chi connectivity index (χ0) is 20.7. The van der Waals surface area contributed by atoms with Gasteiger partial charge < -0.3 is 4.74 Å². The lowest BCUT2D eigenvalue weighted by Crippen LogP contribution is -2.35. The first-order valence-corrected chi connectivity index (χ1v) is 13.5. The standard InChI is InChI=1S/C17H29N2O5PS2/c1-6-15(2)26-25(21,19(4)17(20)12-24-5)18(3)14-27(22,23)13-16-10-8-7-9-11-16/h7-11,15H,6,12-14H2,1-5H3. The number of nitrogens with zero attached hydrogens (tertiary/aromatic N) is 2. The van der Waals surface area contributed by atoms with Crippen LogP contribution in [0.3, 0.4) is 0 Å². The van der Waals surface area contributed by atoms with Crippen LogP contribution in [0.15, 0.2) is 30.3 Å². The summed E-state index contributed by atoms with van der Waals surface area (Å²) in [5, 5.41) is -0.00657. The predicted octanol–water partition coefficient (Wildman–Crippen LogP) is 3.24. The summed E-state index contributed by atoms with van der Waals surface area (Å²) in [4.78, 5) is 12.3. The largest absolute Gasteiger partial charge is 0.375 e. The molecule has 0 saturated carbocycles. The molecule has 27 heavy (non-hydrogen) atoms. The maximum absolute atomic E-state index is 13.7. The van der Waals surface area contributed by atoms with Gasteiger partial charge in [0.05, 0.1) is 5.75 Å². The van der Waals surface area contributed by atoms with Crippen molar-refractivity contribution in [2.45, 2.75) is 31.3 Å². The molecule has 0 fully saturated rings. The molecular weight excluding hydrogens is 407 g/mol. The van der Waals surface area contributed by atoms with Crippen molar-refractivity contribution in [1.82, 2.24) is 9.34 Å². The summed E-state index contributed by atoms with van der Waals surface area (Å²) in [5.74, 6) is -1.02. The van der Waals surface area contributed by atoms with Crippen molar-refractivity contribution in [3.63, 3.8) is 0 Å². The highest BCUT2D eigenvalue weighted by atomic mass is 32.7. The van der Waals surface area contributed by atoms with Gasteiger partial charge >= 0.3 is 0 Å². The fraction of sp³-hybridized carbons (Fsp3) is 0.588. The highest BCUT2D eigenvalue weighted by molar-refractivity contribution is 8.57. The molecule has 154 valence electrons. The number of methoxy groups -OCH3 is 1. The van der Waals surface area contributed by atoms with Gasteiger partial charge in [-0.05, 0) is 19.0 Å². The number of likely N-dealkylation sites (N-methyl/N-ethyl adjacent to an activating group) is 1. The van der Waals surface area contributed by atoms with E-state index >= 15 is 0 Å². The normalized spacial score (nSPS) is 15.3. The number of hydrogen-bond donors (Lipinski definition) is 0. The summed E-state index contributed by atoms with van der Waals surface area (Å²) >= 11 is 1.13. The van der Waals surface area contributed by atoms with E-state index in [2.05, 4.69) is 0 Å². The molecule has 7 nitrogen and oxygen atoms in total. The molecule has 0 aliphatic carbocycles. The van der Waals surface area contributed by atoms with E-state index in [1.807, 2.05) is 19.9 Å². The monoisotopic (exact) mass is 436 g/mol. The van der Waals surface area contributed by atoms with Crippen LogP contribution in [0.25, 0.3) is 0 Å². The Morgan fingerprint density at radius 1 is 1.26 bits per heavy atom. The smallest absolute Gasteiger partial charge is 0.298 e. The zero-order valence-electron chi connectivity index (χ0n) is 16.5. The van der Waals surface area contributed by atoms with Crippen LogP contribution in [-0.4, -0.2) is 62.6 Å². The van der Waals surface area contributed by atoms with Crippen LogP contribution in [0.4, 0.5) is 0 Å². The topological polar surface area (TPSA) is 84.0 Å². The highest BCUT2D eigenvalue weighted by Crippen LogP contribution is 2.65. The van der Waals surface area contributed by atoms with Gasteiger partial charge in [-0.15, -0.1) is 0 Å². The molecule has 0 heterocycles. The van der Waals surface area contributed by atoms with Gasteiger partial charge in [0, 0.05) is 19.4 Å². The SMILES string of the molecule is CCC(C)SP(=O)(N(C)CS(=O)(=O)Cc1ccccc1)N(C)C(=O)COC. The van der Waals surface area contributed by atoms with Crippen LogP contribution in [0.2, 0.25) is 0 Å². The third-order valence-electron chi connectivity index (χ3n) is 3.94. The van der Waals surface area contributed by atoms with Crippen molar-refractivity contribution in [2.75, 3.05) is 33.7 Å². The predicted molar refractivity (Wildman–Crippen MR) is 111 cm³/mol. The Hall–Kier alpha value is -0.860. The summed E-state index contributed by atoms with van der Waals surface area (Å²) in [5.41, 5.74) is 0.666. The van der Waals surface area contributed by atoms with E-state index in [4.69, 9.17) is 4.74 Å². The molecule has 0 N–H and O–H groups in total. The Labute approximate surface area is 166 Å². The number of sulfone groups is 1. The van der Waals surface area contributed by atoms with Gasteiger partial charge in [-0.3, -0.25) is 14.0 Å². The van der Waals surface area contributed by atoms with Crippen molar-refractivity contribution in [3.8, 4) is 0 Å². The van der Waals surface area contributed by atoms with Crippen LogP contribution < -0.4 is 0 Å². The molecule has 0 spiro atoms. The van der Waals surface area contributed by atoms with Crippen LogP contribution in [0, 0.1) is 0 Å². The summed E-state index contributed by atoms with van der Waals surface area (Å²) in [6.07, 6.45) is 0.742. The lowest BCUT2D eigenvalue weighted by atomic mass is 10.2. The maximum atomic E-state index is 13.7. The minimum Gasteiger partial charge on any atom is -0.375 e. The number of ether oxygens (including phenoxy) is 1. The maximum Gasteiger partial charge on any atom is 0.298 e. The fourth-order valence-electron chi connectivity index (χ4n) is 2.28. The molecule has 2 unspecified atom stereocenters. The van der Waals surface area contributed by atoms with Gasteiger partial charge in [-0.1, -0.05) is 55.6 Å². The molecule has 0 aliphatic heterocycles. The second kappa shape index (κ2) is 10.6. The molecule has 1 rings (SSSR count). The molecule has 0 radical (unpaired) electrons. The van der Waals surface area contributed by atoms with E-state index in [0.29, 0.717) is 5.56 Å². The average molecular weight is 437 g/mol. The van der Waals surface area contributed by atoms with Crippen molar-refractivity contribution in [1.29, 1.82) is 0 Å². The molecule has 10 heteroatoms. The fourth-order valence-corrected chi connectivity index (χ4v) is 9.93. The van der Waals surface area contributed by atoms with E-state index in [9.17, 15) is 17.8 Å². The number of rotatable bonds is 11. The van der Waals surface area contributed by atoms with Crippen LogP contribution in [-0.2, 0) is 29.7 Å². The quantitative estimate of drug-likeness (QED) is 0.493. The highest BCUT2D eigenvalue weighted by Gasteiger charge is 2.39. The van der Waals surface area contributed by atoms with E-state index in [-0.39, 0.29) is 17.6 Å². The Morgan fingerprint density at radius 3 is 2.37 bits per heavy atom. The Balaban J connectivity index is 3.06. The summed E-state index contributed by atoms with van der Waals surface area (Å²) < 4.78 is 46.2. The lowest BCUT2D eigenvalue weighted by molar-refractivity contribution is -0.129. The van der Waals surface area contributed by atoms with Crippen LogP contribution in [0.5, 0.6) is 0 Å². The van der Waals surface area contributed by atoms with E-state index in [1.54, 1.807) is 24.3 Å². The first-order chi connectivity index (χ1) is 12.6. The Kier molecular flexibility index (Phi) is 9.51. The second-order valence-corrected chi connectivity index (χ2v) is 13.7. The first-order valence-electron chi connectivity index (χ1n) is 8.56. The third-order valence-corrected chi connectivity index (χ3v) is 12.1. The van der Waals surface area contributed by atoms with E-state index < -0.39 is 28.3 Å². The van der Waals surface area contributed by atoms with E-state index in [1.165, 1.54) is 25.9 Å². The number of carbonyl (C=O) groups excluding carboxylic acids is 1. The molecule has 2 atom stereocenters. The molecule has 0 aliphatic rings. The molecule has 1 amide bonds. The summed E-state index contributed by atoms with van der Waals surface area (Å²) in [6.45, 7) is 0.148. The zero-order valence-corrected chi connectivity index (χ0v) is 19.0. The summed E-state index contributed by atoms with van der Waals surface area (Å²) in [7, 11) is 0.731. The van der Waals surface area contributed by atoms with Gasteiger partial charge in [0.15, 0.2) is 9.84 Å². The molecule has 0 saturated heterocycles. The Bertz CT molecular complexity index is 758. The van der Waals surface area contributed by atoms with Crippen LogP contribution >= 0.6 is 18.0 Å². The van der Waals surface area contributed by atoms with Gasteiger partial charge in [-0.2, -0.15) is 0 Å². The lowest BCUT2D eigenvalue weighted by Gasteiger charge is -2.35. The minimum atomic E-state index is -3.56. The first kappa shape index (κ1) is 24.2. The van der Waals surface area contributed by atoms with Gasteiger partial charge in [0.25, 0.3) is 12.6 Å². The molecule has 1 aromatic carbocycles. The van der Waals surface area contributed by atoms with Crippen LogP contribution in [0.1, 0.15) is 25.8 Å². The summed E-state index contributed by atoms with van der Waals surface area (Å²) in [6, 6.07) is 8.83. The number of amides is 1. The molecule has 1 aromatic rings. The number of hydrogen-bond acceptors (Lipinski definition) is 6. The molecular formula is C17H29N2O5PS2. The molecule has 0 bridgehead atoms. The van der Waals surface area contributed by atoms with E-state index in [0.717, 1.165) is 22.5 Å².